The van der Waals surface area contributed by atoms with E-state index in [-0.39, 0.29) is 17.3 Å². The van der Waals surface area contributed by atoms with Crippen LogP contribution in [0, 0.1) is 12.3 Å². The van der Waals surface area contributed by atoms with Crippen LogP contribution in [-0.4, -0.2) is 48.9 Å². The van der Waals surface area contributed by atoms with Crippen LogP contribution in [0.25, 0.3) is 10.2 Å². The van der Waals surface area contributed by atoms with E-state index in [0.29, 0.717) is 37.8 Å². The van der Waals surface area contributed by atoms with Gasteiger partial charge in [0.25, 0.3) is 15.9 Å². The Labute approximate surface area is 203 Å². The number of rotatable bonds is 5. The molecule has 2 aromatic heterocycles. The van der Waals surface area contributed by atoms with Crippen LogP contribution >= 0.6 is 34.3 Å². The van der Waals surface area contributed by atoms with Gasteiger partial charge in [-0.2, -0.15) is 9.30 Å². The van der Waals surface area contributed by atoms with E-state index < -0.39 is 27.9 Å². The minimum atomic E-state index is -3.87. The monoisotopic (exact) mass is 523 g/mol. The third-order valence-electron chi connectivity index (χ3n) is 5.16. The van der Waals surface area contributed by atoms with Crippen LogP contribution in [0.15, 0.2) is 39.5 Å². The van der Waals surface area contributed by atoms with Crippen LogP contribution in [0.4, 0.5) is 0 Å². The third-order valence-corrected chi connectivity index (χ3v) is 9.81. The molecule has 1 fully saturated rings. The highest BCUT2D eigenvalue weighted by Crippen LogP contribution is 2.32. The molecule has 33 heavy (non-hydrogen) atoms. The molecule has 1 aliphatic rings. The first-order chi connectivity index (χ1) is 15.8. The van der Waals surface area contributed by atoms with Crippen molar-refractivity contribution < 1.29 is 22.7 Å². The lowest BCUT2D eigenvalue weighted by molar-refractivity contribution is -0.121. The number of thiazole rings is 1. The summed E-state index contributed by atoms with van der Waals surface area (Å²) in [5.74, 6) is 1.49. The van der Waals surface area contributed by atoms with E-state index in [4.69, 9.17) is 22.8 Å². The van der Waals surface area contributed by atoms with Crippen molar-refractivity contribution in [1.82, 2.24) is 8.87 Å². The van der Waals surface area contributed by atoms with E-state index in [9.17, 15) is 18.0 Å². The second-order valence-corrected chi connectivity index (χ2v) is 12.0. The molecule has 12 heteroatoms. The van der Waals surface area contributed by atoms with Crippen molar-refractivity contribution >= 4 is 66.4 Å². The summed E-state index contributed by atoms with van der Waals surface area (Å²) in [6.07, 6.45) is 6.43. The molecule has 0 N–H and O–H groups in total. The Morgan fingerprint density at radius 1 is 1.30 bits per heavy atom. The SMILES string of the molecule is C#CCn1c(=NC(=O)C2CCCN2S(=O)(=O)c2ccc(Cl)s2)sc2cc(C(=O)OC)ccc21. The molecule has 0 bridgehead atoms. The lowest BCUT2D eigenvalue weighted by Crippen LogP contribution is -2.40. The normalized spacial score (nSPS) is 17.4. The molecule has 4 rings (SSSR count). The minimum absolute atomic E-state index is 0.0896. The Kier molecular flexibility index (Phi) is 6.74. The number of aromatic nitrogens is 1. The Morgan fingerprint density at radius 2 is 2.09 bits per heavy atom. The molecule has 1 aromatic carbocycles. The van der Waals surface area contributed by atoms with Crippen LogP contribution < -0.4 is 4.80 Å². The summed E-state index contributed by atoms with van der Waals surface area (Å²) in [6.45, 7) is 0.382. The highest BCUT2D eigenvalue weighted by atomic mass is 35.5. The Balaban J connectivity index is 1.74. The molecule has 0 aliphatic carbocycles. The summed E-state index contributed by atoms with van der Waals surface area (Å²) in [6, 6.07) is 7.01. The van der Waals surface area contributed by atoms with Crippen molar-refractivity contribution in [3.8, 4) is 12.3 Å². The van der Waals surface area contributed by atoms with Gasteiger partial charge in [-0.15, -0.1) is 17.8 Å². The number of halogens is 1. The number of fused-ring (bicyclic) bond motifs is 1. The second kappa shape index (κ2) is 9.40. The van der Waals surface area contributed by atoms with E-state index >= 15 is 0 Å². The molecule has 0 saturated carbocycles. The number of nitrogens with zero attached hydrogens (tertiary/aromatic N) is 3. The maximum absolute atomic E-state index is 13.1. The van der Waals surface area contributed by atoms with E-state index in [1.165, 1.54) is 34.9 Å². The number of carbonyl (C=O) groups is 2. The molecule has 172 valence electrons. The summed E-state index contributed by atoms with van der Waals surface area (Å²) < 4.78 is 34.9. The fraction of sp³-hybridized carbons (Fsp3) is 0.286. The molecule has 3 heterocycles. The molecule has 8 nitrogen and oxygen atoms in total. The van der Waals surface area contributed by atoms with Gasteiger partial charge in [-0.3, -0.25) is 4.79 Å². The molecule has 1 saturated heterocycles. The van der Waals surface area contributed by atoms with Crippen molar-refractivity contribution in [3.05, 3.63) is 45.0 Å². The van der Waals surface area contributed by atoms with Gasteiger partial charge in [-0.1, -0.05) is 28.9 Å². The molecular weight excluding hydrogens is 506 g/mol. The summed E-state index contributed by atoms with van der Waals surface area (Å²) in [5, 5.41) is 0. The number of carbonyl (C=O) groups excluding carboxylic acids is 2. The molecule has 1 unspecified atom stereocenters. The number of esters is 1. The zero-order valence-electron chi connectivity index (χ0n) is 17.4. The summed E-state index contributed by atoms with van der Waals surface area (Å²) >= 11 is 8.05. The minimum Gasteiger partial charge on any atom is -0.465 e. The molecule has 3 aromatic rings. The zero-order chi connectivity index (χ0) is 23.8. The Hall–Kier alpha value is -2.49. The van der Waals surface area contributed by atoms with Gasteiger partial charge >= 0.3 is 5.97 Å². The standard InChI is InChI=1S/C21H18ClN3O5S3/c1-3-10-24-14-7-6-13(20(27)30-2)12-16(14)31-21(24)23-19(26)15-5-4-11-25(15)33(28,29)18-9-8-17(22)32-18/h1,6-9,12,15H,4-5,10-11H2,2H3. The van der Waals surface area contributed by atoms with E-state index in [0.717, 1.165) is 11.3 Å². The van der Waals surface area contributed by atoms with Crippen LogP contribution in [-0.2, 0) is 26.1 Å². The number of ether oxygens (including phenoxy) is 1. The van der Waals surface area contributed by atoms with Crippen molar-refractivity contribution in [1.29, 1.82) is 0 Å². The average molecular weight is 524 g/mol. The number of benzene rings is 1. The Morgan fingerprint density at radius 3 is 2.76 bits per heavy atom. The van der Waals surface area contributed by atoms with Crippen molar-refractivity contribution in [3.63, 3.8) is 0 Å². The first kappa shape index (κ1) is 23.7. The maximum Gasteiger partial charge on any atom is 0.337 e. The number of methoxy groups -OCH3 is 1. The van der Waals surface area contributed by atoms with Crippen molar-refractivity contribution in [2.24, 2.45) is 4.99 Å². The number of thiophene rings is 1. The van der Waals surface area contributed by atoms with Gasteiger partial charge in [0, 0.05) is 6.54 Å². The average Bonchev–Trinajstić information content (AvgIpc) is 3.52. The van der Waals surface area contributed by atoms with Gasteiger partial charge < -0.3 is 9.30 Å². The van der Waals surface area contributed by atoms with Gasteiger partial charge in [0.1, 0.15) is 10.3 Å². The van der Waals surface area contributed by atoms with Gasteiger partial charge in [0.2, 0.25) is 0 Å². The lowest BCUT2D eigenvalue weighted by Gasteiger charge is -2.20. The van der Waals surface area contributed by atoms with E-state index in [1.54, 1.807) is 22.8 Å². The molecule has 1 aliphatic heterocycles. The first-order valence-corrected chi connectivity index (χ1v) is 13.2. The third kappa shape index (κ3) is 4.49. The van der Waals surface area contributed by atoms with Crippen LogP contribution in [0.1, 0.15) is 23.2 Å². The van der Waals surface area contributed by atoms with E-state index in [2.05, 4.69) is 10.9 Å². The van der Waals surface area contributed by atoms with Crippen LogP contribution in [0.3, 0.4) is 0 Å². The number of amides is 1. The fourth-order valence-electron chi connectivity index (χ4n) is 3.64. The molecule has 1 amide bonds. The topological polar surface area (TPSA) is 98.0 Å². The first-order valence-electron chi connectivity index (χ1n) is 9.77. The highest BCUT2D eigenvalue weighted by Gasteiger charge is 2.40. The molecule has 1 atom stereocenters. The van der Waals surface area contributed by atoms with Crippen LogP contribution in [0.2, 0.25) is 4.34 Å². The largest absolute Gasteiger partial charge is 0.465 e. The van der Waals surface area contributed by atoms with Crippen LogP contribution in [0.5, 0.6) is 0 Å². The zero-order valence-corrected chi connectivity index (χ0v) is 20.6. The smallest absolute Gasteiger partial charge is 0.337 e. The highest BCUT2D eigenvalue weighted by molar-refractivity contribution is 7.91. The Bertz CT molecular complexity index is 1460. The van der Waals surface area contributed by atoms with Gasteiger partial charge in [0.05, 0.1) is 33.8 Å². The summed E-state index contributed by atoms with van der Waals surface area (Å²) in [4.78, 5) is 29.6. The predicted molar refractivity (Wildman–Crippen MR) is 127 cm³/mol. The summed E-state index contributed by atoms with van der Waals surface area (Å²) in [5.41, 5.74) is 1.07. The number of sulfonamides is 1. The second-order valence-electron chi connectivity index (χ2n) is 7.13. The summed E-state index contributed by atoms with van der Waals surface area (Å²) in [7, 11) is -2.57. The van der Waals surface area contributed by atoms with Gasteiger partial charge in [-0.25, -0.2) is 13.2 Å². The lowest BCUT2D eigenvalue weighted by atomic mass is 10.2. The van der Waals surface area contributed by atoms with E-state index in [1.807, 2.05) is 0 Å². The number of hydrogen-bond donors (Lipinski definition) is 0. The predicted octanol–water partition coefficient (Wildman–Crippen LogP) is 3.12. The number of terminal acetylenes is 1. The quantitative estimate of drug-likeness (QED) is 0.378. The van der Waals surface area contributed by atoms with Gasteiger partial charge in [-0.05, 0) is 43.2 Å². The van der Waals surface area contributed by atoms with Gasteiger partial charge in [0.15, 0.2) is 4.80 Å². The van der Waals surface area contributed by atoms with Crippen molar-refractivity contribution in [2.45, 2.75) is 29.6 Å². The molecule has 0 radical (unpaired) electrons. The van der Waals surface area contributed by atoms with Crippen molar-refractivity contribution in [2.75, 3.05) is 13.7 Å². The molecule has 0 spiro atoms. The molecular formula is C21H18ClN3O5S3. The number of hydrogen-bond acceptors (Lipinski definition) is 7. The maximum atomic E-state index is 13.1. The fourth-order valence-corrected chi connectivity index (χ4v) is 7.98.